The quantitative estimate of drug-likeness (QED) is 0.769. The Morgan fingerprint density at radius 2 is 2.31 bits per heavy atom. The van der Waals surface area contributed by atoms with Crippen LogP contribution in [0.1, 0.15) is 6.92 Å². The maximum absolute atomic E-state index is 10.7. The van der Waals surface area contributed by atoms with E-state index in [2.05, 4.69) is 4.98 Å². The normalized spacial score (nSPS) is 11.4. The van der Waals surface area contributed by atoms with Crippen molar-refractivity contribution < 1.29 is 13.2 Å². The van der Waals surface area contributed by atoms with Crippen molar-refractivity contribution in [2.75, 3.05) is 18.1 Å². The first-order valence-corrected chi connectivity index (χ1v) is 7.44. The van der Waals surface area contributed by atoms with Crippen LogP contribution >= 0.6 is 11.8 Å². The van der Waals surface area contributed by atoms with Gasteiger partial charge in [-0.3, -0.25) is 0 Å². The molecule has 0 bridgehead atoms. The smallest absolute Gasteiger partial charge is 0.209 e. The van der Waals surface area contributed by atoms with Crippen molar-refractivity contribution in [2.45, 2.75) is 11.9 Å². The highest BCUT2D eigenvalue weighted by atomic mass is 32.2. The molecule has 1 aromatic rings. The summed E-state index contributed by atoms with van der Waals surface area (Å²) in [6.07, 6.45) is 1.64. The lowest BCUT2D eigenvalue weighted by Gasteiger charge is -2.07. The summed E-state index contributed by atoms with van der Waals surface area (Å²) in [5, 5.41) is 5.59. The van der Waals surface area contributed by atoms with Crippen LogP contribution in [0.3, 0.4) is 0 Å². The van der Waals surface area contributed by atoms with E-state index in [-0.39, 0.29) is 5.75 Å². The first-order valence-electron chi connectivity index (χ1n) is 4.74. The fraction of sp³-hybridized carbons (Fsp3) is 0.444. The number of nitrogens with two attached hydrogens (primary N) is 1. The Hall–Kier alpha value is -0.790. The molecule has 0 aliphatic carbocycles. The lowest BCUT2D eigenvalue weighted by Crippen LogP contribution is -2.17. The number of primary sulfonamides is 1. The third-order valence-corrected chi connectivity index (χ3v) is 3.66. The molecule has 0 atom stereocenters. The molecule has 0 radical (unpaired) electrons. The van der Waals surface area contributed by atoms with Gasteiger partial charge in [-0.15, -0.1) is 11.8 Å². The van der Waals surface area contributed by atoms with E-state index < -0.39 is 10.0 Å². The summed E-state index contributed by atoms with van der Waals surface area (Å²) in [5.41, 5.74) is 0. The molecule has 0 spiro atoms. The third kappa shape index (κ3) is 4.82. The Balaban J connectivity index is 2.59. The molecule has 16 heavy (non-hydrogen) atoms. The highest BCUT2D eigenvalue weighted by molar-refractivity contribution is 8.00. The lowest BCUT2D eigenvalue weighted by molar-refractivity contribution is 0.329. The minimum absolute atomic E-state index is 0.0696. The Morgan fingerprint density at radius 3 is 2.94 bits per heavy atom. The fourth-order valence-electron chi connectivity index (χ4n) is 1.00. The molecular weight excluding hydrogens is 248 g/mol. The number of thioether (sulfide) groups is 1. The molecule has 0 saturated carbocycles. The lowest BCUT2D eigenvalue weighted by atomic mass is 10.5. The average molecular weight is 262 g/mol. The van der Waals surface area contributed by atoms with Gasteiger partial charge in [0.1, 0.15) is 5.03 Å². The van der Waals surface area contributed by atoms with Crippen LogP contribution in [0.15, 0.2) is 23.4 Å². The third-order valence-electron chi connectivity index (χ3n) is 1.64. The van der Waals surface area contributed by atoms with Gasteiger partial charge >= 0.3 is 0 Å². The Morgan fingerprint density at radius 1 is 1.56 bits per heavy atom. The van der Waals surface area contributed by atoms with E-state index in [9.17, 15) is 8.42 Å². The van der Waals surface area contributed by atoms with Gasteiger partial charge in [0.25, 0.3) is 0 Å². The van der Waals surface area contributed by atoms with Crippen molar-refractivity contribution in [1.82, 2.24) is 4.98 Å². The number of ether oxygens (including phenoxy) is 1. The Kier molecular flexibility index (Phi) is 5.04. The summed E-state index contributed by atoms with van der Waals surface area (Å²) in [6, 6.07) is 3.57. The van der Waals surface area contributed by atoms with E-state index in [0.717, 1.165) is 0 Å². The molecular formula is C9H14N2O3S2. The molecule has 0 saturated heterocycles. The summed E-state index contributed by atoms with van der Waals surface area (Å²) < 4.78 is 26.8. The molecule has 0 aromatic carbocycles. The molecule has 1 rings (SSSR count). The van der Waals surface area contributed by atoms with E-state index in [0.29, 0.717) is 23.1 Å². The van der Waals surface area contributed by atoms with Crippen LogP contribution in [-0.4, -0.2) is 31.5 Å². The molecule has 7 heteroatoms. The summed E-state index contributed by atoms with van der Waals surface area (Å²) in [5.74, 6) is 0.972. The van der Waals surface area contributed by atoms with E-state index in [1.807, 2.05) is 6.92 Å². The van der Waals surface area contributed by atoms with Crippen LogP contribution in [0.4, 0.5) is 0 Å². The van der Waals surface area contributed by atoms with Gasteiger partial charge in [-0.05, 0) is 19.1 Å². The van der Waals surface area contributed by atoms with Crippen molar-refractivity contribution in [3.05, 3.63) is 18.3 Å². The Bertz CT molecular complexity index is 434. The number of hydrogen-bond acceptors (Lipinski definition) is 5. The van der Waals surface area contributed by atoms with Gasteiger partial charge in [-0.1, -0.05) is 0 Å². The minimum atomic E-state index is -3.41. The minimum Gasteiger partial charge on any atom is -0.491 e. The topological polar surface area (TPSA) is 82.3 Å². The first-order chi connectivity index (χ1) is 7.53. The molecule has 0 aliphatic heterocycles. The van der Waals surface area contributed by atoms with E-state index in [1.54, 1.807) is 18.3 Å². The maximum Gasteiger partial charge on any atom is 0.209 e. The zero-order valence-corrected chi connectivity index (χ0v) is 10.6. The molecule has 2 N–H and O–H groups in total. The van der Waals surface area contributed by atoms with Gasteiger partial charge in [0.2, 0.25) is 10.0 Å². The summed E-state index contributed by atoms with van der Waals surface area (Å²) >= 11 is 1.32. The van der Waals surface area contributed by atoms with Gasteiger partial charge in [0, 0.05) is 11.9 Å². The number of pyridine rings is 1. The van der Waals surface area contributed by atoms with Crippen molar-refractivity contribution in [3.63, 3.8) is 0 Å². The van der Waals surface area contributed by atoms with Gasteiger partial charge in [-0.2, -0.15) is 0 Å². The summed E-state index contributed by atoms with van der Waals surface area (Å²) in [4.78, 5) is 4.12. The maximum atomic E-state index is 10.7. The molecule has 5 nitrogen and oxygen atoms in total. The number of rotatable bonds is 6. The highest BCUT2D eigenvalue weighted by Gasteiger charge is 2.07. The van der Waals surface area contributed by atoms with Gasteiger partial charge in [0.05, 0.1) is 12.4 Å². The van der Waals surface area contributed by atoms with Crippen LogP contribution in [0, 0.1) is 0 Å². The molecule has 1 heterocycles. The second kappa shape index (κ2) is 6.07. The summed E-state index contributed by atoms with van der Waals surface area (Å²) in [6.45, 7) is 2.43. The van der Waals surface area contributed by atoms with Crippen LogP contribution in [0.2, 0.25) is 0 Å². The fourth-order valence-corrected chi connectivity index (χ4v) is 2.86. The second-order valence-electron chi connectivity index (χ2n) is 2.96. The Labute approximate surface area is 99.4 Å². The van der Waals surface area contributed by atoms with Crippen LogP contribution in [0.5, 0.6) is 5.75 Å². The standard InChI is InChI=1S/C9H14N2O3S2/c1-2-14-8-4-3-5-11-9(8)15-6-7-16(10,12)13/h3-5H,2,6-7H2,1H3,(H2,10,12,13). The van der Waals surface area contributed by atoms with E-state index in [1.165, 1.54) is 11.8 Å². The monoisotopic (exact) mass is 262 g/mol. The average Bonchev–Trinajstić information content (AvgIpc) is 2.19. The largest absolute Gasteiger partial charge is 0.491 e. The molecule has 0 aliphatic rings. The van der Waals surface area contributed by atoms with Crippen LogP contribution in [-0.2, 0) is 10.0 Å². The van der Waals surface area contributed by atoms with E-state index >= 15 is 0 Å². The van der Waals surface area contributed by atoms with Crippen molar-refractivity contribution in [3.8, 4) is 5.75 Å². The molecule has 0 fully saturated rings. The molecule has 0 amide bonds. The molecule has 90 valence electrons. The van der Waals surface area contributed by atoms with E-state index in [4.69, 9.17) is 9.88 Å². The van der Waals surface area contributed by atoms with Crippen LogP contribution < -0.4 is 9.88 Å². The van der Waals surface area contributed by atoms with Crippen molar-refractivity contribution in [2.24, 2.45) is 5.14 Å². The van der Waals surface area contributed by atoms with Crippen molar-refractivity contribution >= 4 is 21.8 Å². The highest BCUT2D eigenvalue weighted by Crippen LogP contribution is 2.26. The van der Waals surface area contributed by atoms with Gasteiger partial charge in [-0.25, -0.2) is 18.5 Å². The summed E-state index contributed by atoms with van der Waals surface area (Å²) in [7, 11) is -3.41. The van der Waals surface area contributed by atoms with Gasteiger partial charge < -0.3 is 4.74 Å². The number of nitrogens with zero attached hydrogens (tertiary/aromatic N) is 1. The zero-order chi connectivity index (χ0) is 12.0. The first kappa shape index (κ1) is 13.3. The van der Waals surface area contributed by atoms with Crippen LogP contribution in [0.25, 0.3) is 0 Å². The molecule has 0 unspecified atom stereocenters. The van der Waals surface area contributed by atoms with Crippen molar-refractivity contribution in [1.29, 1.82) is 0 Å². The zero-order valence-electron chi connectivity index (χ0n) is 8.92. The SMILES string of the molecule is CCOc1cccnc1SCCS(N)(=O)=O. The number of hydrogen-bond donors (Lipinski definition) is 1. The predicted octanol–water partition coefficient (Wildman–Crippen LogP) is 0.861. The second-order valence-corrected chi connectivity index (χ2v) is 5.77. The predicted molar refractivity (Wildman–Crippen MR) is 64.1 cm³/mol. The number of aromatic nitrogens is 1. The number of sulfonamides is 1. The van der Waals surface area contributed by atoms with Gasteiger partial charge in [0.15, 0.2) is 5.75 Å². The molecule has 1 aromatic heterocycles.